The number of nitrogen functional groups attached to an aromatic ring is 2. The van der Waals surface area contributed by atoms with Crippen molar-refractivity contribution in [3.05, 3.63) is 75.7 Å². The van der Waals surface area contributed by atoms with Crippen molar-refractivity contribution in [1.29, 1.82) is 5.41 Å². The quantitative estimate of drug-likeness (QED) is 0.173. The molecule has 0 spiro atoms. The van der Waals surface area contributed by atoms with Crippen molar-refractivity contribution in [3.63, 3.8) is 0 Å². The van der Waals surface area contributed by atoms with Crippen LogP contribution in [0.1, 0.15) is 18.1 Å². The Morgan fingerprint density at radius 2 is 1.17 bits per heavy atom. The zero-order valence-electron chi connectivity index (χ0n) is 18.8. The zero-order chi connectivity index (χ0) is 26.5. The average molecular weight is 565 g/mol. The smallest absolute Gasteiger partial charge is 0.296 e. The van der Waals surface area contributed by atoms with Gasteiger partial charge < -0.3 is 11.5 Å². The second kappa shape index (κ2) is 10.2. The molecule has 0 unspecified atom stereocenters. The second-order valence-electron chi connectivity index (χ2n) is 7.47. The van der Waals surface area contributed by atoms with E-state index in [2.05, 4.69) is 0 Å². The molecule has 1 radical (unpaired) electrons. The third-order valence-electron chi connectivity index (χ3n) is 5.03. The summed E-state index contributed by atoms with van der Waals surface area (Å²) in [5, 5.41) is 7.98. The molecule has 0 saturated heterocycles. The summed E-state index contributed by atoms with van der Waals surface area (Å²) in [7, 11) is -14.5. The molecule has 12 nitrogen and oxygen atoms in total. The number of allylic oxidation sites excluding steroid dienone is 5. The number of rotatable bonds is 5. The van der Waals surface area contributed by atoms with E-state index in [0.29, 0.717) is 0 Å². The first-order valence-electron chi connectivity index (χ1n) is 9.37. The first kappa shape index (κ1) is 29.9. The maximum atomic E-state index is 11.9. The predicted octanol–water partition coefficient (Wildman–Crippen LogP) is 1.52. The zero-order valence-corrected chi connectivity index (χ0v) is 23.2. The van der Waals surface area contributed by atoms with Crippen LogP contribution >= 0.6 is 0 Å². The SMILES string of the molecule is CC1=CC(=C(c2ccc(N)c(S(=O)(=O)O)c2)c2ccc(N)c(S(=O)(=O)O)c2)C=C(S(=O)(=O)O)C1=N.[Na]. The summed E-state index contributed by atoms with van der Waals surface area (Å²) in [6.45, 7) is 1.39. The van der Waals surface area contributed by atoms with Crippen LogP contribution in [0.15, 0.2) is 74.4 Å². The van der Waals surface area contributed by atoms with Crippen LogP contribution in [0.5, 0.6) is 0 Å². The first-order valence-corrected chi connectivity index (χ1v) is 13.7. The Kier molecular flexibility index (Phi) is 8.47. The summed E-state index contributed by atoms with van der Waals surface area (Å²) in [6, 6.07) is 6.88. The summed E-state index contributed by atoms with van der Waals surface area (Å²) in [4.78, 5) is -2.12. The molecular weight excluding hydrogens is 545 g/mol. The van der Waals surface area contributed by atoms with Crippen molar-refractivity contribution in [1.82, 2.24) is 0 Å². The summed E-state index contributed by atoms with van der Waals surface area (Å²) in [5.74, 6) is 0. The van der Waals surface area contributed by atoms with Crippen molar-refractivity contribution in [2.75, 3.05) is 11.5 Å². The summed E-state index contributed by atoms with van der Waals surface area (Å²) in [5.41, 5.74) is 10.4. The van der Waals surface area contributed by atoms with Gasteiger partial charge in [-0.1, -0.05) is 12.1 Å². The fourth-order valence-electron chi connectivity index (χ4n) is 3.43. The molecule has 0 aliphatic heterocycles. The molecule has 1 aliphatic carbocycles. The van der Waals surface area contributed by atoms with Crippen LogP contribution in [0.3, 0.4) is 0 Å². The van der Waals surface area contributed by atoms with Crippen molar-refractivity contribution in [2.45, 2.75) is 16.7 Å². The van der Waals surface area contributed by atoms with Crippen LogP contribution in [0.4, 0.5) is 11.4 Å². The molecule has 0 fully saturated rings. The van der Waals surface area contributed by atoms with Gasteiger partial charge in [0.05, 0.1) is 17.1 Å². The minimum absolute atomic E-state index is 0. The van der Waals surface area contributed by atoms with E-state index in [-0.39, 0.29) is 68.8 Å². The molecular formula is C20H19N3NaO9S3. The average Bonchev–Trinajstić information content (AvgIpc) is 2.70. The van der Waals surface area contributed by atoms with Crippen LogP contribution in [-0.4, -0.2) is 74.2 Å². The molecule has 0 saturated carbocycles. The largest absolute Gasteiger partial charge is 0.398 e. The maximum absolute atomic E-state index is 11.9. The standard InChI is InChI=1S/C20H19N3O9S3.Na/c1-10-6-13(9-18(20(10)23)35(30,31)32)19(11-2-4-14(21)16(7-11)33(24,25)26)12-3-5-15(22)17(8-12)34(27,28)29;/h2-9,23H,21-22H2,1H3,(H,24,25,26)(H,27,28,29)(H,30,31,32);. The van der Waals surface area contributed by atoms with E-state index in [9.17, 15) is 38.9 Å². The Labute approximate surface area is 229 Å². The van der Waals surface area contributed by atoms with Gasteiger partial charge in [-0.25, -0.2) is 0 Å². The Bertz CT molecular complexity index is 1620. The van der Waals surface area contributed by atoms with Crippen molar-refractivity contribution in [2.24, 2.45) is 0 Å². The van der Waals surface area contributed by atoms with Crippen LogP contribution in [0.25, 0.3) is 5.57 Å². The molecule has 187 valence electrons. The van der Waals surface area contributed by atoms with Gasteiger partial charge in [-0.2, -0.15) is 25.3 Å². The summed E-state index contributed by atoms with van der Waals surface area (Å²) in [6.07, 6.45) is 2.28. The molecule has 0 amide bonds. The molecule has 36 heavy (non-hydrogen) atoms. The molecule has 0 atom stereocenters. The van der Waals surface area contributed by atoms with E-state index >= 15 is 0 Å². The van der Waals surface area contributed by atoms with Gasteiger partial charge in [0.1, 0.15) is 14.7 Å². The van der Waals surface area contributed by atoms with E-state index in [0.717, 1.165) is 30.3 Å². The number of nitrogens with two attached hydrogens (primary N) is 2. The van der Waals surface area contributed by atoms with Crippen LogP contribution < -0.4 is 11.5 Å². The van der Waals surface area contributed by atoms with Crippen molar-refractivity contribution < 1.29 is 38.9 Å². The van der Waals surface area contributed by atoms with E-state index in [1.54, 1.807) is 0 Å². The molecule has 8 N–H and O–H groups in total. The minimum Gasteiger partial charge on any atom is -0.398 e. The van der Waals surface area contributed by atoms with E-state index in [4.69, 9.17) is 16.9 Å². The number of nitrogens with one attached hydrogen (secondary N) is 1. The monoisotopic (exact) mass is 564 g/mol. The molecule has 0 aromatic heterocycles. The molecule has 3 rings (SSSR count). The first-order chi connectivity index (χ1) is 15.9. The van der Waals surface area contributed by atoms with Gasteiger partial charge in [0.15, 0.2) is 0 Å². The van der Waals surface area contributed by atoms with E-state index in [1.165, 1.54) is 25.1 Å². The Hall–Kier alpha value is -2.34. The Morgan fingerprint density at radius 1 is 0.750 bits per heavy atom. The summed E-state index contributed by atoms with van der Waals surface area (Å²) >= 11 is 0. The maximum Gasteiger partial charge on any atom is 0.296 e. The van der Waals surface area contributed by atoms with E-state index in [1.807, 2.05) is 0 Å². The number of hydrogen-bond acceptors (Lipinski definition) is 9. The van der Waals surface area contributed by atoms with E-state index < -0.39 is 50.8 Å². The molecule has 1 aliphatic rings. The van der Waals surface area contributed by atoms with Gasteiger partial charge in [-0.05, 0) is 71.2 Å². The normalized spacial score (nSPS) is 14.6. The molecule has 2 aromatic rings. The predicted molar refractivity (Wildman–Crippen MR) is 134 cm³/mol. The summed E-state index contributed by atoms with van der Waals surface area (Å²) < 4.78 is 99.7. The van der Waals surface area contributed by atoms with Crippen LogP contribution in [0.2, 0.25) is 0 Å². The third kappa shape index (κ3) is 6.13. The van der Waals surface area contributed by atoms with Crippen molar-refractivity contribution in [3.8, 4) is 0 Å². The molecule has 0 bridgehead atoms. The van der Waals surface area contributed by atoms with Gasteiger partial charge in [0, 0.05) is 29.6 Å². The van der Waals surface area contributed by atoms with Crippen LogP contribution in [0, 0.1) is 5.41 Å². The minimum atomic E-state index is -4.87. The third-order valence-corrected chi connectivity index (χ3v) is 7.72. The molecule has 16 heteroatoms. The molecule has 2 aromatic carbocycles. The van der Waals surface area contributed by atoms with Gasteiger partial charge in [-0.15, -0.1) is 0 Å². The second-order valence-corrected chi connectivity index (χ2v) is 11.6. The number of benzene rings is 2. The van der Waals surface area contributed by atoms with Crippen molar-refractivity contribution >= 4 is 82.6 Å². The molecule has 0 heterocycles. The fraction of sp³-hybridized carbons (Fsp3) is 0.0500. The Balaban J connectivity index is 0.00000456. The van der Waals surface area contributed by atoms with Gasteiger partial charge in [0.25, 0.3) is 30.4 Å². The topological polar surface area (TPSA) is 239 Å². The Morgan fingerprint density at radius 3 is 1.53 bits per heavy atom. The van der Waals surface area contributed by atoms with Crippen LogP contribution in [-0.2, 0) is 30.4 Å². The number of anilines is 2. The fourth-order valence-corrected chi connectivity index (χ4v) is 5.41. The van der Waals surface area contributed by atoms with Gasteiger partial charge >= 0.3 is 0 Å². The van der Waals surface area contributed by atoms with Gasteiger partial charge in [0.2, 0.25) is 0 Å². The van der Waals surface area contributed by atoms with Gasteiger partial charge in [-0.3, -0.25) is 19.1 Å². The number of hydrogen-bond donors (Lipinski definition) is 6.